The summed E-state index contributed by atoms with van der Waals surface area (Å²) in [6.45, 7) is 0.657. The minimum atomic E-state index is -0.338. The van der Waals surface area contributed by atoms with Gasteiger partial charge in [-0.1, -0.05) is 27.5 Å². The van der Waals surface area contributed by atoms with Crippen molar-refractivity contribution in [2.45, 2.75) is 18.9 Å². The fraction of sp³-hybridized carbons (Fsp3) is 0.364. The van der Waals surface area contributed by atoms with E-state index in [0.717, 1.165) is 17.3 Å². The molecule has 1 atom stereocenters. The maximum atomic E-state index is 11.8. The maximum absolute atomic E-state index is 11.8. The van der Waals surface area contributed by atoms with Crippen molar-refractivity contribution in [3.8, 4) is 0 Å². The monoisotopic (exact) mass is 303 g/mol. The van der Waals surface area contributed by atoms with E-state index in [4.69, 9.17) is 16.3 Å². The molecule has 1 aliphatic heterocycles. The molecule has 1 saturated heterocycles. The molecule has 16 heavy (non-hydrogen) atoms. The first-order valence-corrected chi connectivity index (χ1v) is 6.21. The molecule has 1 aromatic carbocycles. The molecule has 0 unspecified atom stereocenters. The van der Waals surface area contributed by atoms with Gasteiger partial charge in [0, 0.05) is 11.1 Å². The lowest BCUT2D eigenvalue weighted by molar-refractivity contribution is -0.124. The van der Waals surface area contributed by atoms with Crippen LogP contribution in [0.4, 0.5) is 5.69 Å². The summed E-state index contributed by atoms with van der Waals surface area (Å²) in [4.78, 5) is 11.8. The SMILES string of the molecule is O=C(Nc1cc(Br)ccc1Cl)[C@@H]1CCCO1. The van der Waals surface area contributed by atoms with Crippen LogP contribution in [0.3, 0.4) is 0 Å². The quantitative estimate of drug-likeness (QED) is 0.911. The van der Waals surface area contributed by atoms with E-state index < -0.39 is 0 Å². The van der Waals surface area contributed by atoms with Crippen LogP contribution in [0.25, 0.3) is 0 Å². The smallest absolute Gasteiger partial charge is 0.253 e. The molecule has 0 saturated carbocycles. The van der Waals surface area contributed by atoms with Gasteiger partial charge < -0.3 is 10.1 Å². The molecule has 1 aromatic rings. The maximum Gasteiger partial charge on any atom is 0.253 e. The minimum Gasteiger partial charge on any atom is -0.368 e. The van der Waals surface area contributed by atoms with Gasteiger partial charge in [-0.3, -0.25) is 4.79 Å². The molecule has 86 valence electrons. The van der Waals surface area contributed by atoms with Crippen molar-refractivity contribution in [3.63, 3.8) is 0 Å². The second kappa shape index (κ2) is 5.17. The van der Waals surface area contributed by atoms with Gasteiger partial charge in [0.15, 0.2) is 0 Å². The predicted octanol–water partition coefficient (Wildman–Crippen LogP) is 3.22. The Morgan fingerprint density at radius 2 is 2.38 bits per heavy atom. The molecule has 1 aliphatic rings. The molecule has 1 amide bonds. The van der Waals surface area contributed by atoms with Crippen LogP contribution in [-0.2, 0) is 9.53 Å². The second-order valence-corrected chi connectivity index (χ2v) is 4.94. The zero-order chi connectivity index (χ0) is 11.5. The number of anilines is 1. The summed E-state index contributed by atoms with van der Waals surface area (Å²) in [5.74, 6) is -0.127. The van der Waals surface area contributed by atoms with Crippen LogP contribution in [0.5, 0.6) is 0 Å². The first-order valence-electron chi connectivity index (χ1n) is 5.04. The van der Waals surface area contributed by atoms with Gasteiger partial charge in [0.1, 0.15) is 6.10 Å². The molecule has 1 N–H and O–H groups in total. The highest BCUT2D eigenvalue weighted by atomic mass is 79.9. The van der Waals surface area contributed by atoms with Gasteiger partial charge in [-0.2, -0.15) is 0 Å². The molecule has 5 heteroatoms. The number of carbonyl (C=O) groups excluding carboxylic acids is 1. The van der Waals surface area contributed by atoms with Crippen molar-refractivity contribution in [2.24, 2.45) is 0 Å². The van der Waals surface area contributed by atoms with Crippen LogP contribution in [0.2, 0.25) is 5.02 Å². The molecule has 0 aromatic heterocycles. The third-order valence-electron chi connectivity index (χ3n) is 2.41. The highest BCUT2D eigenvalue weighted by molar-refractivity contribution is 9.10. The Labute approximate surface area is 107 Å². The van der Waals surface area contributed by atoms with Crippen LogP contribution >= 0.6 is 27.5 Å². The average Bonchev–Trinajstić information content (AvgIpc) is 2.76. The zero-order valence-electron chi connectivity index (χ0n) is 8.50. The van der Waals surface area contributed by atoms with Gasteiger partial charge in [0.2, 0.25) is 0 Å². The number of amides is 1. The summed E-state index contributed by atoms with van der Waals surface area (Å²) < 4.78 is 6.16. The summed E-state index contributed by atoms with van der Waals surface area (Å²) in [5.41, 5.74) is 0.608. The van der Waals surface area contributed by atoms with E-state index in [2.05, 4.69) is 21.2 Å². The molecule has 2 rings (SSSR count). The van der Waals surface area contributed by atoms with Crippen molar-refractivity contribution < 1.29 is 9.53 Å². The lowest BCUT2D eigenvalue weighted by Crippen LogP contribution is -2.26. The fourth-order valence-corrected chi connectivity index (χ4v) is 2.12. The Kier molecular flexibility index (Phi) is 3.84. The molecule has 0 radical (unpaired) electrons. The first kappa shape index (κ1) is 11.9. The Balaban J connectivity index is 2.07. The molecular formula is C11H11BrClNO2. The average molecular weight is 305 g/mol. The summed E-state index contributed by atoms with van der Waals surface area (Å²) in [5, 5.41) is 3.29. The van der Waals surface area contributed by atoms with Gasteiger partial charge in [0.05, 0.1) is 10.7 Å². The fourth-order valence-electron chi connectivity index (χ4n) is 1.59. The standard InChI is InChI=1S/C11H11BrClNO2/c12-7-3-4-8(13)9(6-7)14-11(15)10-2-1-5-16-10/h3-4,6,10H,1-2,5H2,(H,14,15)/t10-/m0/s1. The van der Waals surface area contributed by atoms with Gasteiger partial charge in [-0.25, -0.2) is 0 Å². The van der Waals surface area contributed by atoms with Crippen molar-refractivity contribution in [1.29, 1.82) is 0 Å². The summed E-state index contributed by atoms with van der Waals surface area (Å²) >= 11 is 9.30. The van der Waals surface area contributed by atoms with Crippen LogP contribution in [-0.4, -0.2) is 18.6 Å². The topological polar surface area (TPSA) is 38.3 Å². The molecule has 1 heterocycles. The number of hydrogen-bond donors (Lipinski definition) is 1. The van der Waals surface area contributed by atoms with Crippen LogP contribution < -0.4 is 5.32 Å². The van der Waals surface area contributed by atoms with Crippen LogP contribution in [0.1, 0.15) is 12.8 Å². The Morgan fingerprint density at radius 3 is 3.06 bits per heavy atom. The minimum absolute atomic E-state index is 0.127. The summed E-state index contributed by atoms with van der Waals surface area (Å²) in [6, 6.07) is 5.33. The molecule has 0 aliphatic carbocycles. The van der Waals surface area contributed by atoms with E-state index >= 15 is 0 Å². The van der Waals surface area contributed by atoms with E-state index in [1.807, 2.05) is 6.07 Å². The normalized spacial score (nSPS) is 19.8. The number of benzene rings is 1. The Hall–Kier alpha value is -0.580. The van der Waals surface area contributed by atoms with Gasteiger partial charge in [-0.15, -0.1) is 0 Å². The van der Waals surface area contributed by atoms with Gasteiger partial charge in [0.25, 0.3) is 5.91 Å². The van der Waals surface area contributed by atoms with Crippen molar-refractivity contribution in [2.75, 3.05) is 11.9 Å². The predicted molar refractivity (Wildman–Crippen MR) is 66.8 cm³/mol. The highest BCUT2D eigenvalue weighted by Crippen LogP contribution is 2.26. The largest absolute Gasteiger partial charge is 0.368 e. The molecule has 1 fully saturated rings. The molecule has 3 nitrogen and oxygen atoms in total. The lowest BCUT2D eigenvalue weighted by atomic mass is 10.2. The van der Waals surface area contributed by atoms with Crippen molar-refractivity contribution >= 4 is 39.1 Å². The van der Waals surface area contributed by atoms with Crippen LogP contribution in [0.15, 0.2) is 22.7 Å². The highest BCUT2D eigenvalue weighted by Gasteiger charge is 2.23. The van der Waals surface area contributed by atoms with E-state index in [9.17, 15) is 4.79 Å². The number of carbonyl (C=O) groups is 1. The Bertz CT molecular complexity index is 405. The number of nitrogens with one attached hydrogen (secondary N) is 1. The third-order valence-corrected chi connectivity index (χ3v) is 3.23. The third kappa shape index (κ3) is 2.75. The van der Waals surface area contributed by atoms with Gasteiger partial charge >= 0.3 is 0 Å². The van der Waals surface area contributed by atoms with Crippen LogP contribution in [0, 0.1) is 0 Å². The van der Waals surface area contributed by atoms with Gasteiger partial charge in [-0.05, 0) is 31.0 Å². The van der Waals surface area contributed by atoms with E-state index in [1.54, 1.807) is 12.1 Å². The van der Waals surface area contributed by atoms with E-state index in [-0.39, 0.29) is 12.0 Å². The number of rotatable bonds is 2. The summed E-state index contributed by atoms with van der Waals surface area (Å²) in [7, 11) is 0. The first-order chi connectivity index (χ1) is 7.66. The zero-order valence-corrected chi connectivity index (χ0v) is 10.8. The van der Waals surface area contributed by atoms with Crippen molar-refractivity contribution in [3.05, 3.63) is 27.7 Å². The van der Waals surface area contributed by atoms with Crippen molar-refractivity contribution in [1.82, 2.24) is 0 Å². The second-order valence-electron chi connectivity index (χ2n) is 3.62. The number of ether oxygens (including phenoxy) is 1. The molecular weight excluding hydrogens is 293 g/mol. The summed E-state index contributed by atoms with van der Waals surface area (Å²) in [6.07, 6.45) is 1.37. The molecule has 0 spiro atoms. The molecule has 0 bridgehead atoms. The number of halogens is 2. The van der Waals surface area contributed by atoms with E-state index in [0.29, 0.717) is 17.3 Å². The lowest BCUT2D eigenvalue weighted by Gasteiger charge is -2.11. The Morgan fingerprint density at radius 1 is 1.56 bits per heavy atom. The van der Waals surface area contributed by atoms with E-state index in [1.165, 1.54) is 0 Å². The number of hydrogen-bond acceptors (Lipinski definition) is 2.